The van der Waals surface area contributed by atoms with Crippen LogP contribution in [0.1, 0.15) is 72.4 Å². The molecule has 1 unspecified atom stereocenters. The minimum Gasteiger partial charge on any atom is -0.389 e. The van der Waals surface area contributed by atoms with Gasteiger partial charge in [0.2, 0.25) is 5.91 Å². The molecule has 2 aromatic rings. The summed E-state index contributed by atoms with van der Waals surface area (Å²) in [5, 5.41) is 10.6. The van der Waals surface area contributed by atoms with Crippen molar-refractivity contribution in [3.63, 3.8) is 0 Å². The number of aryl methyl sites for hydroxylation is 1. The highest BCUT2D eigenvalue weighted by atomic mass is 16.3. The van der Waals surface area contributed by atoms with Gasteiger partial charge in [0.05, 0.1) is 5.92 Å². The zero-order valence-corrected chi connectivity index (χ0v) is 22.5. The fraction of sp³-hybridized carbons (Fsp3) is 0.467. The maximum atomic E-state index is 10.7. The summed E-state index contributed by atoms with van der Waals surface area (Å²) in [7, 11) is 1.45. The summed E-state index contributed by atoms with van der Waals surface area (Å²) in [6, 6.07) is 17.7. The van der Waals surface area contributed by atoms with Crippen molar-refractivity contribution in [2.75, 3.05) is 13.7 Å². The van der Waals surface area contributed by atoms with Crippen LogP contribution in [0.4, 0.5) is 0 Å². The van der Waals surface area contributed by atoms with Gasteiger partial charge in [0, 0.05) is 7.05 Å². The number of allylic oxidation sites excluding steroid dienone is 1. The number of nitrogens with one attached hydrogen (secondary N) is 1. The summed E-state index contributed by atoms with van der Waals surface area (Å²) in [5.74, 6) is -1.56. The van der Waals surface area contributed by atoms with Crippen molar-refractivity contribution in [2.24, 2.45) is 11.3 Å². The minimum atomic E-state index is -0.741. The van der Waals surface area contributed by atoms with Crippen LogP contribution in [0.2, 0.25) is 0 Å². The van der Waals surface area contributed by atoms with Crippen LogP contribution in [0.3, 0.4) is 0 Å². The molecule has 4 nitrogen and oxygen atoms in total. The van der Waals surface area contributed by atoms with Gasteiger partial charge in [-0.3, -0.25) is 9.59 Å². The predicted octanol–water partition coefficient (Wildman–Crippen LogP) is 6.71. The fourth-order valence-corrected chi connectivity index (χ4v) is 3.13. The Bertz CT molecular complexity index is 859. The first-order valence-corrected chi connectivity index (χ1v) is 12.2. The Balaban J connectivity index is 0.000000767. The van der Waals surface area contributed by atoms with Gasteiger partial charge in [-0.1, -0.05) is 95.3 Å². The van der Waals surface area contributed by atoms with Crippen LogP contribution in [-0.4, -0.2) is 30.5 Å². The molecule has 0 saturated carbocycles. The molecule has 0 spiro atoms. The molecule has 0 radical (unpaired) electrons. The molecular formula is C30H45NO3. The molecule has 2 rings (SSSR count). The van der Waals surface area contributed by atoms with E-state index < -0.39 is 18.3 Å². The Hall–Kier alpha value is -2.72. The molecule has 0 fully saturated rings. The number of hydrogen-bond donors (Lipinski definition) is 2. The second-order valence-electron chi connectivity index (χ2n) is 9.43. The molecule has 188 valence electrons. The Morgan fingerprint density at radius 3 is 1.82 bits per heavy atom. The van der Waals surface area contributed by atoms with Crippen molar-refractivity contribution in [1.82, 2.24) is 5.32 Å². The van der Waals surface area contributed by atoms with Crippen molar-refractivity contribution in [3.8, 4) is 11.1 Å². The standard InChI is InChI=1S/C22H28.C6H11NO3.C2H6/c1-17(2)19-12-14-21(15-13-19)20-10-8-18(9-11-20)7-6-16-22(3,4)5;1-4(5(9)3-8)6(10)7-2;1-2/h8-15H,1,6-7,16H2,2-5H3;4,8H,3H2,1-2H3,(H,7,10);1-2H3. The quantitative estimate of drug-likeness (QED) is 0.424. The molecule has 0 aliphatic carbocycles. The van der Waals surface area contributed by atoms with Gasteiger partial charge in [-0.2, -0.15) is 0 Å². The molecule has 0 aliphatic rings. The predicted molar refractivity (Wildman–Crippen MR) is 146 cm³/mol. The van der Waals surface area contributed by atoms with E-state index in [2.05, 4.69) is 81.2 Å². The lowest BCUT2D eigenvalue weighted by Crippen LogP contribution is -2.32. The maximum absolute atomic E-state index is 10.7. The third-order valence-electron chi connectivity index (χ3n) is 5.34. The molecule has 0 bridgehead atoms. The first kappa shape index (κ1) is 31.3. The van der Waals surface area contributed by atoms with E-state index in [1.165, 1.54) is 55.5 Å². The van der Waals surface area contributed by atoms with Gasteiger partial charge in [-0.15, -0.1) is 0 Å². The molecular weight excluding hydrogens is 422 g/mol. The number of carbonyl (C=O) groups is 2. The van der Waals surface area contributed by atoms with Crippen molar-refractivity contribution in [2.45, 2.75) is 67.7 Å². The van der Waals surface area contributed by atoms with Crippen molar-refractivity contribution in [1.29, 1.82) is 0 Å². The van der Waals surface area contributed by atoms with E-state index in [4.69, 9.17) is 5.11 Å². The van der Waals surface area contributed by atoms with E-state index >= 15 is 0 Å². The number of carbonyl (C=O) groups excluding carboxylic acids is 2. The average Bonchev–Trinajstić information content (AvgIpc) is 2.84. The number of rotatable bonds is 8. The molecule has 0 heterocycles. The summed E-state index contributed by atoms with van der Waals surface area (Å²) in [4.78, 5) is 21.3. The van der Waals surface area contributed by atoms with Gasteiger partial charge in [0.15, 0.2) is 5.78 Å². The third-order valence-corrected chi connectivity index (χ3v) is 5.34. The zero-order valence-electron chi connectivity index (χ0n) is 22.5. The van der Waals surface area contributed by atoms with E-state index in [1.807, 2.05) is 20.8 Å². The van der Waals surface area contributed by atoms with Gasteiger partial charge < -0.3 is 10.4 Å². The van der Waals surface area contributed by atoms with Crippen molar-refractivity contribution < 1.29 is 14.7 Å². The normalized spacial score (nSPS) is 11.2. The molecule has 0 aromatic heterocycles. The van der Waals surface area contributed by atoms with E-state index in [-0.39, 0.29) is 5.91 Å². The maximum Gasteiger partial charge on any atom is 0.230 e. The van der Waals surface area contributed by atoms with Gasteiger partial charge >= 0.3 is 0 Å². The number of ketones is 1. The largest absolute Gasteiger partial charge is 0.389 e. The van der Waals surface area contributed by atoms with Crippen LogP contribution in [0.15, 0.2) is 55.1 Å². The van der Waals surface area contributed by atoms with Crippen LogP contribution < -0.4 is 5.32 Å². The second-order valence-corrected chi connectivity index (χ2v) is 9.43. The zero-order chi connectivity index (χ0) is 26.3. The van der Waals surface area contributed by atoms with Gasteiger partial charge in [0.1, 0.15) is 6.61 Å². The third kappa shape index (κ3) is 11.9. The summed E-state index contributed by atoms with van der Waals surface area (Å²) in [6.07, 6.45) is 3.71. The monoisotopic (exact) mass is 467 g/mol. The topological polar surface area (TPSA) is 66.4 Å². The minimum absolute atomic E-state index is 0.362. The Labute approximate surface area is 207 Å². The van der Waals surface area contributed by atoms with Crippen LogP contribution in [0.5, 0.6) is 0 Å². The lowest BCUT2D eigenvalue weighted by molar-refractivity contribution is -0.134. The highest BCUT2D eigenvalue weighted by Crippen LogP contribution is 2.24. The van der Waals surface area contributed by atoms with Crippen LogP contribution >= 0.6 is 0 Å². The first-order valence-electron chi connectivity index (χ1n) is 12.2. The first-order chi connectivity index (χ1) is 16.0. The van der Waals surface area contributed by atoms with E-state index in [1.54, 1.807) is 0 Å². The molecule has 2 N–H and O–H groups in total. The Kier molecular flexibility index (Phi) is 14.7. The molecule has 1 amide bonds. The number of hydrogen-bond acceptors (Lipinski definition) is 3. The second kappa shape index (κ2) is 16.0. The molecule has 0 saturated heterocycles. The van der Waals surface area contributed by atoms with Crippen LogP contribution in [0, 0.1) is 11.3 Å². The molecule has 34 heavy (non-hydrogen) atoms. The van der Waals surface area contributed by atoms with Gasteiger partial charge in [-0.05, 0) is 60.8 Å². The van der Waals surface area contributed by atoms with Crippen molar-refractivity contribution >= 4 is 17.3 Å². The lowest BCUT2D eigenvalue weighted by atomic mass is 9.89. The van der Waals surface area contributed by atoms with Crippen LogP contribution in [0.25, 0.3) is 16.7 Å². The number of aliphatic hydroxyl groups is 1. The number of aliphatic hydroxyl groups excluding tert-OH is 1. The smallest absolute Gasteiger partial charge is 0.230 e. The number of amides is 1. The Morgan fingerprint density at radius 2 is 1.44 bits per heavy atom. The highest BCUT2D eigenvalue weighted by Gasteiger charge is 2.18. The summed E-state index contributed by atoms with van der Waals surface area (Å²) >= 11 is 0. The number of Topliss-reactive ketones (excluding diaryl/α,β-unsaturated/α-hetero) is 1. The van der Waals surface area contributed by atoms with E-state index in [9.17, 15) is 9.59 Å². The van der Waals surface area contributed by atoms with E-state index in [0.717, 1.165) is 5.57 Å². The van der Waals surface area contributed by atoms with Gasteiger partial charge in [-0.25, -0.2) is 0 Å². The van der Waals surface area contributed by atoms with Crippen molar-refractivity contribution in [3.05, 3.63) is 66.2 Å². The summed E-state index contributed by atoms with van der Waals surface area (Å²) in [5.41, 5.74) is 6.75. The molecule has 0 aliphatic heterocycles. The molecule has 1 atom stereocenters. The summed E-state index contributed by atoms with van der Waals surface area (Å²) < 4.78 is 0. The van der Waals surface area contributed by atoms with Crippen LogP contribution in [-0.2, 0) is 16.0 Å². The summed E-state index contributed by atoms with van der Waals surface area (Å²) in [6.45, 7) is 17.8. The van der Waals surface area contributed by atoms with E-state index in [0.29, 0.717) is 5.41 Å². The average molecular weight is 468 g/mol. The van der Waals surface area contributed by atoms with Gasteiger partial charge in [0.25, 0.3) is 0 Å². The molecule has 2 aromatic carbocycles. The number of benzene rings is 2. The highest BCUT2D eigenvalue weighted by molar-refractivity contribution is 6.01. The fourth-order valence-electron chi connectivity index (χ4n) is 3.13. The Morgan fingerprint density at radius 1 is 0.971 bits per heavy atom. The SMILES string of the molecule is C=C(C)c1ccc(-c2ccc(CCCC(C)(C)C)cc2)cc1.CC.CNC(=O)C(C)C(=O)CO. The molecule has 4 heteroatoms. The lowest BCUT2D eigenvalue weighted by Gasteiger charge is -2.17.